The Morgan fingerprint density at radius 1 is 1.02 bits per heavy atom. The van der Waals surface area contributed by atoms with E-state index in [-0.39, 0.29) is 11.4 Å². The molecule has 6 heterocycles. The Morgan fingerprint density at radius 3 is 2.48 bits per heavy atom. The van der Waals surface area contributed by atoms with Crippen molar-refractivity contribution in [3.05, 3.63) is 69.6 Å². The number of hydrogen-bond acceptors (Lipinski definition) is 11. The second kappa shape index (κ2) is 14.9. The number of carbonyl (C=O) groups excluding carboxylic acids is 1. The van der Waals surface area contributed by atoms with Gasteiger partial charge in [-0.3, -0.25) is 9.69 Å². The molecule has 260 valence electrons. The lowest BCUT2D eigenvalue weighted by Gasteiger charge is -2.38. The number of ether oxygens (including phenoxy) is 1. The van der Waals surface area contributed by atoms with Crippen molar-refractivity contribution >= 4 is 57.4 Å². The Labute approximate surface area is 302 Å². The molecule has 0 N–H and O–H groups in total. The van der Waals surface area contributed by atoms with Crippen molar-refractivity contribution in [1.82, 2.24) is 29.1 Å². The van der Waals surface area contributed by atoms with Crippen molar-refractivity contribution in [1.29, 1.82) is 5.26 Å². The van der Waals surface area contributed by atoms with E-state index in [0.717, 1.165) is 69.9 Å². The number of anilines is 2. The lowest BCUT2D eigenvalue weighted by Crippen LogP contribution is -2.49. The molecule has 4 aromatic rings. The minimum atomic E-state index is -0.00688. The van der Waals surface area contributed by atoms with Crippen LogP contribution >= 0.6 is 23.1 Å². The molecule has 0 atom stereocenters. The van der Waals surface area contributed by atoms with Gasteiger partial charge in [-0.25, -0.2) is 4.98 Å². The molecule has 2 aromatic heterocycles. The maximum absolute atomic E-state index is 13.0. The fourth-order valence-corrected chi connectivity index (χ4v) is 8.73. The third kappa shape index (κ3) is 6.99. The molecule has 0 aliphatic carbocycles. The highest BCUT2D eigenvalue weighted by Gasteiger charge is 2.45. The summed E-state index contributed by atoms with van der Waals surface area (Å²) in [7, 11) is 0. The van der Waals surface area contributed by atoms with Gasteiger partial charge in [0.15, 0.2) is 0 Å². The smallest absolute Gasteiger partial charge is 0.318 e. The molecule has 3 fully saturated rings. The first-order chi connectivity index (χ1) is 24.4. The number of benzene rings is 2. The van der Waals surface area contributed by atoms with Crippen LogP contribution < -0.4 is 14.5 Å². The average molecular weight is 712 g/mol. The van der Waals surface area contributed by atoms with E-state index >= 15 is 0 Å². The van der Waals surface area contributed by atoms with E-state index in [1.807, 2.05) is 24.0 Å². The number of aryl methyl sites for hydroxylation is 1. The molecule has 4 aliphatic heterocycles. The van der Waals surface area contributed by atoms with Crippen LogP contribution in [0.4, 0.5) is 11.5 Å². The molecule has 8 rings (SSSR count). The summed E-state index contributed by atoms with van der Waals surface area (Å²) in [5.41, 5.74) is 3.41. The molecule has 3 saturated heterocycles. The van der Waals surface area contributed by atoms with Crippen LogP contribution in [0.25, 0.3) is 16.8 Å². The van der Waals surface area contributed by atoms with Crippen molar-refractivity contribution in [3.8, 4) is 12.1 Å². The minimum absolute atomic E-state index is 0.00688. The van der Waals surface area contributed by atoms with Gasteiger partial charge in [0.2, 0.25) is 5.91 Å². The van der Waals surface area contributed by atoms with Crippen molar-refractivity contribution < 1.29 is 9.53 Å². The van der Waals surface area contributed by atoms with Crippen LogP contribution in [0.2, 0.25) is 5.02 Å². The number of amides is 1. The fourth-order valence-electron chi connectivity index (χ4n) is 7.89. The molecule has 0 spiro atoms. The van der Waals surface area contributed by atoms with Crippen LogP contribution in [0, 0.1) is 18.3 Å². The van der Waals surface area contributed by atoms with Crippen molar-refractivity contribution in [3.63, 3.8) is 0 Å². The van der Waals surface area contributed by atoms with Crippen LogP contribution in [0.5, 0.6) is 6.01 Å². The van der Waals surface area contributed by atoms with E-state index in [2.05, 4.69) is 48.3 Å². The Morgan fingerprint density at radius 2 is 1.76 bits per heavy atom. The number of piperazine rings is 1. The third-order valence-corrected chi connectivity index (χ3v) is 11.4. The minimum Gasteiger partial charge on any atom is -0.461 e. The second-order valence-corrected chi connectivity index (χ2v) is 14.5. The van der Waals surface area contributed by atoms with Crippen LogP contribution in [0.15, 0.2) is 42.5 Å². The molecule has 1 amide bonds. The number of nitrogens with zero attached hydrogens (tertiary/aromatic N) is 9. The van der Waals surface area contributed by atoms with E-state index in [0.29, 0.717) is 45.3 Å². The quantitative estimate of drug-likeness (QED) is 0.215. The SMILES string of the molecule is CC#N.Cc1nsc(/C=C/C(=O)N2CCN(c3nc(OCC45CCCN4CCC5)nc4c3CCN(c3cccc5cccc(Cl)c35)C4)CC2)n1. The van der Waals surface area contributed by atoms with Gasteiger partial charge in [-0.15, -0.1) is 0 Å². The molecular formula is C37H42ClN9O2S. The first-order valence-electron chi connectivity index (χ1n) is 17.4. The van der Waals surface area contributed by atoms with Crippen LogP contribution in [0.1, 0.15) is 54.7 Å². The van der Waals surface area contributed by atoms with E-state index in [4.69, 9.17) is 31.6 Å². The van der Waals surface area contributed by atoms with Crippen molar-refractivity contribution in [2.45, 2.75) is 58.0 Å². The van der Waals surface area contributed by atoms with Crippen LogP contribution in [-0.4, -0.2) is 93.0 Å². The van der Waals surface area contributed by atoms with E-state index in [1.54, 1.807) is 18.2 Å². The van der Waals surface area contributed by atoms with Crippen molar-refractivity contribution in [2.75, 3.05) is 62.2 Å². The topological polar surface area (TPSA) is 115 Å². The summed E-state index contributed by atoms with van der Waals surface area (Å²) in [6, 6.07) is 14.7. The number of nitriles is 1. The zero-order valence-electron chi connectivity index (χ0n) is 28.6. The van der Waals surface area contributed by atoms with Gasteiger partial charge in [0.05, 0.1) is 28.9 Å². The Balaban J connectivity index is 0.00000126. The molecular weight excluding hydrogens is 670 g/mol. The molecule has 50 heavy (non-hydrogen) atoms. The van der Waals surface area contributed by atoms with Crippen molar-refractivity contribution in [2.24, 2.45) is 0 Å². The number of carbonyl (C=O) groups is 1. The predicted molar refractivity (Wildman–Crippen MR) is 198 cm³/mol. The summed E-state index contributed by atoms with van der Waals surface area (Å²) in [6.07, 6.45) is 8.96. The summed E-state index contributed by atoms with van der Waals surface area (Å²) in [4.78, 5) is 36.7. The van der Waals surface area contributed by atoms with Gasteiger partial charge in [-0.1, -0.05) is 35.9 Å². The highest BCUT2D eigenvalue weighted by atomic mass is 35.5. The zero-order chi connectivity index (χ0) is 34.7. The second-order valence-electron chi connectivity index (χ2n) is 13.3. The van der Waals surface area contributed by atoms with E-state index in [1.165, 1.54) is 49.7 Å². The summed E-state index contributed by atoms with van der Waals surface area (Å²) in [6.45, 7) is 10.3. The summed E-state index contributed by atoms with van der Waals surface area (Å²) < 4.78 is 10.7. The average Bonchev–Trinajstić information content (AvgIpc) is 3.85. The molecule has 4 aliphatic rings. The maximum atomic E-state index is 13.0. The Kier molecular flexibility index (Phi) is 10.2. The molecule has 2 aromatic carbocycles. The van der Waals surface area contributed by atoms with Gasteiger partial charge in [0.25, 0.3) is 0 Å². The monoisotopic (exact) mass is 711 g/mol. The fraction of sp³-hybridized carbons (Fsp3) is 0.459. The molecule has 0 radical (unpaired) electrons. The summed E-state index contributed by atoms with van der Waals surface area (Å²) >= 11 is 8.05. The van der Waals surface area contributed by atoms with Gasteiger partial charge < -0.3 is 19.4 Å². The zero-order valence-corrected chi connectivity index (χ0v) is 30.2. The number of rotatable bonds is 7. The molecule has 0 unspecified atom stereocenters. The van der Waals surface area contributed by atoms with E-state index < -0.39 is 0 Å². The van der Waals surface area contributed by atoms with Gasteiger partial charge >= 0.3 is 6.01 Å². The standard InChI is InChI=1S/C35H39ClN8O2S.C2H3N/c1-24-37-30(47-40-24)10-11-31(45)41-18-20-42(21-19-41)33-26-12-17-43(29-9-3-7-25-6-2-8-27(36)32(25)29)22-28(26)38-34(39-33)46-23-35-13-4-15-44(35)16-5-14-35;1-2-3/h2-3,6-11H,4-5,12-23H2,1H3;1H3/b11-10+;. The number of hydrogen-bond donors (Lipinski definition) is 0. The first-order valence-corrected chi connectivity index (χ1v) is 18.6. The molecule has 0 saturated carbocycles. The first kappa shape index (κ1) is 34.2. The van der Waals surface area contributed by atoms with Crippen LogP contribution in [-0.2, 0) is 17.8 Å². The lowest BCUT2D eigenvalue weighted by molar-refractivity contribution is -0.126. The maximum Gasteiger partial charge on any atom is 0.318 e. The predicted octanol–water partition coefficient (Wildman–Crippen LogP) is 5.90. The Hall–Kier alpha value is -4.31. The lowest BCUT2D eigenvalue weighted by atomic mass is 9.95. The van der Waals surface area contributed by atoms with Gasteiger partial charge in [0.1, 0.15) is 23.3 Å². The number of halogens is 1. The molecule has 0 bridgehead atoms. The molecule has 13 heteroatoms. The highest BCUT2D eigenvalue weighted by molar-refractivity contribution is 7.06. The van der Waals surface area contributed by atoms with Gasteiger partial charge in [-0.05, 0) is 87.2 Å². The third-order valence-electron chi connectivity index (χ3n) is 10.3. The van der Waals surface area contributed by atoms with Gasteiger partial charge in [-0.2, -0.15) is 19.6 Å². The normalized spacial score (nSPS) is 18.5. The molecule has 11 nitrogen and oxygen atoms in total. The largest absolute Gasteiger partial charge is 0.461 e. The summed E-state index contributed by atoms with van der Waals surface area (Å²) in [5.74, 6) is 1.66. The van der Waals surface area contributed by atoms with Crippen LogP contribution in [0.3, 0.4) is 0 Å². The Bertz CT molecular complexity index is 1920. The number of aromatic nitrogens is 4. The highest BCUT2D eigenvalue weighted by Crippen LogP contribution is 2.40. The van der Waals surface area contributed by atoms with Gasteiger partial charge in [0, 0.05) is 62.4 Å². The van der Waals surface area contributed by atoms with E-state index in [9.17, 15) is 4.79 Å². The summed E-state index contributed by atoms with van der Waals surface area (Å²) in [5, 5.41) is 11.0. The number of fused-ring (bicyclic) bond motifs is 3.